The van der Waals surface area contributed by atoms with Crippen LogP contribution >= 0.6 is 23.8 Å². The van der Waals surface area contributed by atoms with E-state index in [2.05, 4.69) is 37.9 Å². The number of hydrogen-bond donors (Lipinski definition) is 1. The van der Waals surface area contributed by atoms with Crippen LogP contribution in [0.15, 0.2) is 61.4 Å². The molecule has 0 saturated heterocycles. The highest BCUT2D eigenvalue weighted by molar-refractivity contribution is 7.80. The molecule has 5 heteroatoms. The van der Waals surface area contributed by atoms with Gasteiger partial charge in [-0.25, -0.2) is 0 Å². The standard InChI is InChI=1S/C22H25ClN2OS/c1-4-13-24-22(27)20(21(26)18-9-7-8-10-19(18)23)25-14-11-17(12-15-25)16(5-2)6-3/h4,7-12,14-16,20H,1,5-6,13H2,2-3H3/p+1/t20-/m1/s1. The Morgan fingerprint density at radius 3 is 2.41 bits per heavy atom. The Labute approximate surface area is 172 Å². The van der Waals surface area contributed by atoms with Crippen molar-refractivity contribution in [3.8, 4) is 0 Å². The van der Waals surface area contributed by atoms with Crippen molar-refractivity contribution in [1.82, 2.24) is 5.32 Å². The van der Waals surface area contributed by atoms with Crippen molar-refractivity contribution in [3.63, 3.8) is 0 Å². The summed E-state index contributed by atoms with van der Waals surface area (Å²) in [6.45, 7) is 8.57. The molecule has 142 valence electrons. The average molecular weight is 402 g/mol. The number of rotatable bonds is 9. The molecule has 27 heavy (non-hydrogen) atoms. The molecule has 1 aromatic carbocycles. The number of halogens is 1. The fourth-order valence-electron chi connectivity index (χ4n) is 3.12. The lowest BCUT2D eigenvalue weighted by Crippen LogP contribution is -2.51. The van der Waals surface area contributed by atoms with E-state index in [9.17, 15) is 4.79 Å². The van der Waals surface area contributed by atoms with Gasteiger partial charge in [-0.15, -0.1) is 6.58 Å². The van der Waals surface area contributed by atoms with Gasteiger partial charge in [0.05, 0.1) is 5.02 Å². The Kier molecular flexibility index (Phi) is 8.14. The lowest BCUT2D eigenvalue weighted by Gasteiger charge is -2.16. The molecule has 1 N–H and O–H groups in total. The highest BCUT2D eigenvalue weighted by Gasteiger charge is 2.34. The van der Waals surface area contributed by atoms with E-state index in [1.54, 1.807) is 30.3 Å². The predicted molar refractivity (Wildman–Crippen MR) is 116 cm³/mol. The van der Waals surface area contributed by atoms with Crippen molar-refractivity contribution in [2.45, 2.75) is 38.6 Å². The maximum Gasteiger partial charge on any atom is 0.270 e. The second kappa shape index (κ2) is 10.3. The third-order valence-corrected chi connectivity index (χ3v) is 5.39. The molecular formula is C22H26ClN2OS+. The largest absolute Gasteiger partial charge is 0.370 e. The predicted octanol–water partition coefficient (Wildman–Crippen LogP) is 5.06. The molecule has 2 aromatic rings. The van der Waals surface area contributed by atoms with Crippen LogP contribution in [0.2, 0.25) is 5.02 Å². The number of pyridine rings is 1. The summed E-state index contributed by atoms with van der Waals surface area (Å²) in [6, 6.07) is 10.5. The molecule has 0 spiro atoms. The van der Waals surface area contributed by atoms with Crippen molar-refractivity contribution in [2.24, 2.45) is 0 Å². The quantitative estimate of drug-likeness (QED) is 0.276. The van der Waals surface area contributed by atoms with Crippen molar-refractivity contribution >= 4 is 34.6 Å². The van der Waals surface area contributed by atoms with E-state index in [4.69, 9.17) is 23.8 Å². The zero-order valence-corrected chi connectivity index (χ0v) is 17.4. The summed E-state index contributed by atoms with van der Waals surface area (Å²) in [5.74, 6) is 0.380. The Morgan fingerprint density at radius 2 is 1.85 bits per heavy atom. The average Bonchev–Trinajstić information content (AvgIpc) is 2.69. The van der Waals surface area contributed by atoms with Gasteiger partial charge in [-0.3, -0.25) is 4.79 Å². The van der Waals surface area contributed by atoms with E-state index >= 15 is 0 Å². The summed E-state index contributed by atoms with van der Waals surface area (Å²) in [5, 5.41) is 3.51. The highest BCUT2D eigenvalue weighted by atomic mass is 35.5. The van der Waals surface area contributed by atoms with Crippen LogP contribution in [0, 0.1) is 0 Å². The zero-order chi connectivity index (χ0) is 19.8. The number of nitrogens with one attached hydrogen (secondary N) is 1. The van der Waals surface area contributed by atoms with E-state index in [0.29, 0.717) is 28.0 Å². The molecule has 1 heterocycles. The number of hydrogen-bond acceptors (Lipinski definition) is 2. The van der Waals surface area contributed by atoms with Crippen LogP contribution in [0.25, 0.3) is 0 Å². The SMILES string of the molecule is C=CCNC(=S)[C@@H](C(=O)c1ccccc1Cl)[n+]1ccc(C(CC)CC)cc1. The van der Waals surface area contributed by atoms with Gasteiger partial charge in [-0.2, -0.15) is 4.57 Å². The Balaban J connectivity index is 2.41. The molecular weight excluding hydrogens is 376 g/mol. The number of Topliss-reactive ketones (excluding diaryl/α,β-unsaturated/α-hetero) is 1. The third kappa shape index (κ3) is 5.24. The van der Waals surface area contributed by atoms with E-state index in [-0.39, 0.29) is 5.78 Å². The van der Waals surface area contributed by atoms with Gasteiger partial charge >= 0.3 is 0 Å². The first-order valence-electron chi connectivity index (χ1n) is 9.21. The van der Waals surface area contributed by atoms with Crippen LogP contribution < -0.4 is 9.88 Å². The van der Waals surface area contributed by atoms with Gasteiger partial charge in [0, 0.05) is 24.2 Å². The van der Waals surface area contributed by atoms with Crippen LogP contribution in [0.1, 0.15) is 54.6 Å². The van der Waals surface area contributed by atoms with Crippen LogP contribution in [0.4, 0.5) is 0 Å². The molecule has 0 bridgehead atoms. The van der Waals surface area contributed by atoms with Gasteiger partial charge in [0.25, 0.3) is 6.04 Å². The molecule has 0 fully saturated rings. The van der Waals surface area contributed by atoms with Crippen LogP contribution in [-0.2, 0) is 0 Å². The van der Waals surface area contributed by atoms with E-state index in [0.717, 1.165) is 12.8 Å². The van der Waals surface area contributed by atoms with Crippen molar-refractivity contribution in [3.05, 3.63) is 77.6 Å². The minimum atomic E-state index is -0.657. The highest BCUT2D eigenvalue weighted by Crippen LogP contribution is 2.23. The number of thiocarbonyl (C=S) groups is 1. The van der Waals surface area contributed by atoms with Crippen molar-refractivity contribution in [2.75, 3.05) is 6.54 Å². The fourth-order valence-corrected chi connectivity index (χ4v) is 3.66. The normalized spacial score (nSPS) is 11.9. The van der Waals surface area contributed by atoms with Gasteiger partial charge in [0.15, 0.2) is 17.4 Å². The lowest BCUT2D eigenvalue weighted by atomic mass is 9.95. The number of aromatic nitrogens is 1. The van der Waals surface area contributed by atoms with Gasteiger partial charge in [-0.1, -0.05) is 55.9 Å². The molecule has 0 aliphatic rings. The fraction of sp³-hybridized carbons (Fsp3) is 0.318. The Bertz CT molecular complexity index is 800. The van der Waals surface area contributed by atoms with Crippen molar-refractivity contribution < 1.29 is 9.36 Å². The first-order chi connectivity index (χ1) is 13.0. The number of carbonyl (C=O) groups is 1. The maximum absolute atomic E-state index is 13.2. The molecule has 1 atom stereocenters. The Hall–Kier alpha value is -2.04. The van der Waals surface area contributed by atoms with Gasteiger partial charge in [0.2, 0.25) is 5.78 Å². The van der Waals surface area contributed by atoms with Crippen molar-refractivity contribution in [1.29, 1.82) is 0 Å². The van der Waals surface area contributed by atoms with Crippen LogP contribution in [0.5, 0.6) is 0 Å². The van der Waals surface area contributed by atoms with E-state index < -0.39 is 6.04 Å². The van der Waals surface area contributed by atoms with Crippen LogP contribution in [-0.4, -0.2) is 17.3 Å². The topological polar surface area (TPSA) is 33.0 Å². The second-order valence-corrected chi connectivity index (χ2v) is 7.22. The molecule has 0 amide bonds. The summed E-state index contributed by atoms with van der Waals surface area (Å²) in [6.07, 6.45) is 7.73. The zero-order valence-electron chi connectivity index (χ0n) is 15.8. The summed E-state index contributed by atoms with van der Waals surface area (Å²) in [5.41, 5.74) is 1.73. The molecule has 0 aliphatic carbocycles. The first kappa shape index (κ1) is 21.3. The molecule has 0 aliphatic heterocycles. The molecule has 3 nitrogen and oxygen atoms in total. The lowest BCUT2D eigenvalue weighted by molar-refractivity contribution is -0.692. The monoisotopic (exact) mass is 401 g/mol. The summed E-state index contributed by atoms with van der Waals surface area (Å²) >= 11 is 11.8. The Morgan fingerprint density at radius 1 is 1.22 bits per heavy atom. The number of carbonyl (C=O) groups excluding carboxylic acids is 1. The summed E-state index contributed by atoms with van der Waals surface area (Å²) in [7, 11) is 0. The van der Waals surface area contributed by atoms with E-state index in [1.807, 2.05) is 17.0 Å². The van der Waals surface area contributed by atoms with Gasteiger partial charge in [0.1, 0.15) is 0 Å². The van der Waals surface area contributed by atoms with Gasteiger partial charge in [-0.05, 0) is 36.5 Å². The molecule has 2 rings (SSSR count). The summed E-state index contributed by atoms with van der Waals surface area (Å²) < 4.78 is 1.84. The molecule has 0 unspecified atom stereocenters. The number of nitrogens with zero attached hydrogens (tertiary/aromatic N) is 1. The van der Waals surface area contributed by atoms with Crippen LogP contribution in [0.3, 0.4) is 0 Å². The first-order valence-corrected chi connectivity index (χ1v) is 10.00. The molecule has 0 radical (unpaired) electrons. The smallest absolute Gasteiger partial charge is 0.270 e. The number of benzene rings is 1. The van der Waals surface area contributed by atoms with E-state index in [1.165, 1.54) is 5.56 Å². The minimum Gasteiger partial charge on any atom is -0.370 e. The molecule has 1 aromatic heterocycles. The maximum atomic E-state index is 13.2. The number of ketones is 1. The summed E-state index contributed by atoms with van der Waals surface area (Å²) in [4.78, 5) is 13.7. The van der Waals surface area contributed by atoms with Gasteiger partial charge < -0.3 is 5.32 Å². The molecule has 0 saturated carbocycles. The second-order valence-electron chi connectivity index (χ2n) is 6.37. The third-order valence-electron chi connectivity index (χ3n) is 4.69. The minimum absolute atomic E-state index is 0.137.